The predicted molar refractivity (Wildman–Crippen MR) is 185 cm³/mol. The molecule has 3 heterocycles. The number of nitrogen functional groups attached to an aromatic ring is 1. The summed E-state index contributed by atoms with van der Waals surface area (Å²) >= 11 is 7.04. The van der Waals surface area contributed by atoms with Crippen molar-refractivity contribution >= 4 is 66.9 Å². The SMILES string of the molecule is NC(=O)Nc1ccccc1NC1CCN(C(=O)N[C@H](Cc2cc(Br)c(N)c(Br)c2)C(=O)N2CCC(N3CCCCC3)CC2)CC1. The number of urea groups is 2. The molecular weight excluding hydrogens is 704 g/mol. The normalized spacial score (nSPS) is 19.2. The van der Waals surface area contributed by atoms with Crippen molar-refractivity contribution < 1.29 is 14.4 Å². The van der Waals surface area contributed by atoms with E-state index in [4.69, 9.17) is 11.5 Å². The third kappa shape index (κ3) is 8.82. The first-order valence-electron chi connectivity index (χ1n) is 15.9. The number of rotatable bonds is 8. The molecule has 3 saturated heterocycles. The molecule has 0 bridgehead atoms. The third-order valence-electron chi connectivity index (χ3n) is 9.18. The fraction of sp³-hybridized carbons (Fsp3) is 0.531. The largest absolute Gasteiger partial charge is 0.397 e. The fourth-order valence-corrected chi connectivity index (χ4v) is 7.96. The van der Waals surface area contributed by atoms with Crippen LogP contribution < -0.4 is 27.4 Å². The number of hydrogen-bond donors (Lipinski definition) is 5. The number of carbonyl (C=O) groups is 3. The number of nitrogens with one attached hydrogen (secondary N) is 3. The zero-order valence-electron chi connectivity index (χ0n) is 25.6. The van der Waals surface area contributed by atoms with Gasteiger partial charge in [-0.2, -0.15) is 0 Å². The van der Waals surface area contributed by atoms with Crippen molar-refractivity contribution in [1.29, 1.82) is 0 Å². The summed E-state index contributed by atoms with van der Waals surface area (Å²) in [5.41, 5.74) is 14.3. The van der Waals surface area contributed by atoms with E-state index in [1.807, 2.05) is 35.2 Å². The third-order valence-corrected chi connectivity index (χ3v) is 10.5. The van der Waals surface area contributed by atoms with Crippen molar-refractivity contribution in [3.05, 3.63) is 50.9 Å². The number of primary amides is 1. The molecule has 3 aliphatic heterocycles. The summed E-state index contributed by atoms with van der Waals surface area (Å²) < 4.78 is 1.49. The van der Waals surface area contributed by atoms with Crippen molar-refractivity contribution in [2.45, 2.75) is 69.5 Å². The Hall–Kier alpha value is -3.03. The van der Waals surface area contributed by atoms with E-state index in [9.17, 15) is 14.4 Å². The Balaban J connectivity index is 1.21. The summed E-state index contributed by atoms with van der Waals surface area (Å²) in [7, 11) is 0. The molecule has 0 unspecified atom stereocenters. The first kappa shape index (κ1) is 33.3. The molecule has 13 heteroatoms. The molecular formula is C32H44Br2N8O3. The lowest BCUT2D eigenvalue weighted by Crippen LogP contribution is -2.57. The van der Waals surface area contributed by atoms with Crippen LogP contribution in [0.2, 0.25) is 0 Å². The minimum absolute atomic E-state index is 0.0420. The highest BCUT2D eigenvalue weighted by molar-refractivity contribution is 9.11. The zero-order chi connectivity index (χ0) is 31.9. The number of piperidine rings is 3. The van der Waals surface area contributed by atoms with Crippen LogP contribution in [0.1, 0.15) is 50.5 Å². The average molecular weight is 749 g/mol. The molecule has 2 aromatic carbocycles. The molecule has 0 aromatic heterocycles. The van der Waals surface area contributed by atoms with Crippen LogP contribution in [0.5, 0.6) is 0 Å². The molecule has 3 fully saturated rings. The van der Waals surface area contributed by atoms with Crippen molar-refractivity contribution in [3.63, 3.8) is 0 Å². The lowest BCUT2D eigenvalue weighted by atomic mass is 9.98. The highest BCUT2D eigenvalue weighted by atomic mass is 79.9. The fourth-order valence-electron chi connectivity index (χ4n) is 6.68. The van der Waals surface area contributed by atoms with E-state index < -0.39 is 12.1 Å². The molecule has 3 aliphatic rings. The molecule has 0 spiro atoms. The van der Waals surface area contributed by atoms with Gasteiger partial charge < -0.3 is 42.1 Å². The summed E-state index contributed by atoms with van der Waals surface area (Å²) in [4.78, 5) is 45.3. The number of para-hydroxylation sites is 2. The van der Waals surface area contributed by atoms with Gasteiger partial charge in [-0.15, -0.1) is 0 Å². The van der Waals surface area contributed by atoms with Gasteiger partial charge in [0.05, 0.1) is 17.1 Å². The lowest BCUT2D eigenvalue weighted by Gasteiger charge is -2.41. The van der Waals surface area contributed by atoms with Gasteiger partial charge in [-0.05, 0) is 113 Å². The smallest absolute Gasteiger partial charge is 0.318 e. The molecule has 5 rings (SSSR count). The van der Waals surface area contributed by atoms with Gasteiger partial charge in [0, 0.05) is 53.6 Å². The number of nitrogens with zero attached hydrogens (tertiary/aromatic N) is 3. The Kier molecular flexibility index (Phi) is 11.5. The predicted octanol–water partition coefficient (Wildman–Crippen LogP) is 4.96. The van der Waals surface area contributed by atoms with Crippen LogP contribution in [0.3, 0.4) is 0 Å². The van der Waals surface area contributed by atoms with E-state index in [1.165, 1.54) is 19.3 Å². The van der Waals surface area contributed by atoms with Gasteiger partial charge in [-0.25, -0.2) is 9.59 Å². The van der Waals surface area contributed by atoms with Gasteiger partial charge in [-0.1, -0.05) is 18.6 Å². The van der Waals surface area contributed by atoms with E-state index in [-0.39, 0.29) is 18.0 Å². The zero-order valence-corrected chi connectivity index (χ0v) is 28.7. The van der Waals surface area contributed by atoms with Crippen molar-refractivity contribution in [3.8, 4) is 0 Å². The monoisotopic (exact) mass is 746 g/mol. The molecule has 1 atom stereocenters. The van der Waals surface area contributed by atoms with E-state index in [0.717, 1.165) is 59.0 Å². The molecule has 7 N–H and O–H groups in total. The van der Waals surface area contributed by atoms with Crippen LogP contribution >= 0.6 is 31.9 Å². The minimum atomic E-state index is -0.700. The summed E-state index contributed by atoms with van der Waals surface area (Å²) in [5, 5.41) is 9.23. The molecule has 244 valence electrons. The molecule has 5 amide bonds. The second-order valence-corrected chi connectivity index (χ2v) is 14.0. The Morgan fingerprint density at radius 2 is 1.44 bits per heavy atom. The van der Waals surface area contributed by atoms with E-state index in [1.54, 1.807) is 11.0 Å². The second-order valence-electron chi connectivity index (χ2n) is 12.3. The van der Waals surface area contributed by atoms with Crippen LogP contribution in [0.4, 0.5) is 26.7 Å². The van der Waals surface area contributed by atoms with Crippen LogP contribution in [0, 0.1) is 0 Å². The summed E-state index contributed by atoms with van der Waals surface area (Å²) in [6.07, 6.45) is 7.55. The summed E-state index contributed by atoms with van der Waals surface area (Å²) in [6, 6.07) is 10.3. The number of benzene rings is 2. The number of anilines is 3. The average Bonchev–Trinajstić information content (AvgIpc) is 3.04. The minimum Gasteiger partial charge on any atom is -0.397 e. The van der Waals surface area contributed by atoms with Gasteiger partial charge in [0.15, 0.2) is 0 Å². The van der Waals surface area contributed by atoms with E-state index >= 15 is 0 Å². The number of carbonyl (C=O) groups excluding carboxylic acids is 3. The van der Waals surface area contributed by atoms with Gasteiger partial charge in [0.1, 0.15) is 6.04 Å². The van der Waals surface area contributed by atoms with Gasteiger partial charge in [0.2, 0.25) is 5.91 Å². The summed E-state index contributed by atoms with van der Waals surface area (Å²) in [6.45, 7) is 4.78. The standard InChI is InChI=1S/C32H44Br2N8O3/c33-24-18-21(19-25(34)29(24)35)20-28(30(43)41-16-10-23(11-17-41)40-12-4-1-5-13-40)39-32(45)42-14-8-22(9-15-42)37-26-6-2-3-7-27(26)38-31(36)44/h2-3,6-7,18-19,22-23,28,37H,1,4-5,8-17,20,35H2,(H,39,45)(H3,36,38,44)/t28-/m1/s1. The maximum Gasteiger partial charge on any atom is 0.318 e. The number of hydrogen-bond acceptors (Lipinski definition) is 6. The molecule has 2 aromatic rings. The van der Waals surface area contributed by atoms with Gasteiger partial charge in [0.25, 0.3) is 0 Å². The van der Waals surface area contributed by atoms with Crippen LogP contribution in [0.25, 0.3) is 0 Å². The highest BCUT2D eigenvalue weighted by Gasteiger charge is 2.33. The Morgan fingerprint density at radius 1 is 0.844 bits per heavy atom. The topological polar surface area (TPSA) is 149 Å². The Labute approximate surface area is 282 Å². The maximum absolute atomic E-state index is 14.0. The van der Waals surface area contributed by atoms with Crippen LogP contribution in [0.15, 0.2) is 45.3 Å². The number of halogens is 2. The Bertz CT molecular complexity index is 1330. The van der Waals surface area contributed by atoms with Crippen molar-refractivity contribution in [2.75, 3.05) is 55.6 Å². The maximum atomic E-state index is 14.0. The van der Waals surface area contributed by atoms with Gasteiger partial charge in [-0.3, -0.25) is 4.79 Å². The van der Waals surface area contributed by atoms with E-state index in [2.05, 4.69) is 52.7 Å². The Morgan fingerprint density at radius 3 is 2.07 bits per heavy atom. The van der Waals surface area contributed by atoms with Crippen molar-refractivity contribution in [2.24, 2.45) is 5.73 Å². The van der Waals surface area contributed by atoms with Crippen LogP contribution in [-0.2, 0) is 11.2 Å². The molecule has 11 nitrogen and oxygen atoms in total. The molecule has 45 heavy (non-hydrogen) atoms. The molecule has 0 aliphatic carbocycles. The highest BCUT2D eigenvalue weighted by Crippen LogP contribution is 2.31. The molecule has 0 radical (unpaired) electrons. The van der Waals surface area contributed by atoms with Gasteiger partial charge >= 0.3 is 12.1 Å². The van der Waals surface area contributed by atoms with Crippen molar-refractivity contribution in [1.82, 2.24) is 20.0 Å². The first-order chi connectivity index (χ1) is 21.7. The lowest BCUT2D eigenvalue weighted by molar-refractivity contribution is -0.134. The number of likely N-dealkylation sites (tertiary alicyclic amines) is 3. The number of amides is 5. The molecule has 0 saturated carbocycles. The summed E-state index contributed by atoms with van der Waals surface area (Å²) in [5.74, 6) is -0.0420. The second kappa shape index (κ2) is 15.5. The quantitative estimate of drug-likeness (QED) is 0.241. The number of nitrogens with two attached hydrogens (primary N) is 2. The first-order valence-corrected chi connectivity index (χ1v) is 17.5. The van der Waals surface area contributed by atoms with E-state index in [0.29, 0.717) is 50.0 Å². The van der Waals surface area contributed by atoms with Crippen LogP contribution in [-0.4, -0.2) is 90.1 Å².